The number of pyridine rings is 1. The second kappa shape index (κ2) is 9.42. The van der Waals surface area contributed by atoms with Crippen molar-refractivity contribution in [2.24, 2.45) is 0 Å². The van der Waals surface area contributed by atoms with Crippen LogP contribution in [0.3, 0.4) is 0 Å². The minimum atomic E-state index is 0.421. The van der Waals surface area contributed by atoms with Gasteiger partial charge in [-0.1, -0.05) is 42.3 Å². The number of aromatic nitrogens is 3. The maximum Gasteiger partial charge on any atom is 0.238 e. The van der Waals surface area contributed by atoms with Gasteiger partial charge in [0.2, 0.25) is 5.88 Å². The highest BCUT2D eigenvalue weighted by Gasteiger charge is 2.10. The molecule has 0 amide bonds. The van der Waals surface area contributed by atoms with Gasteiger partial charge in [-0.05, 0) is 62.9 Å². The highest BCUT2D eigenvalue weighted by Crippen LogP contribution is 2.29. The van der Waals surface area contributed by atoms with Gasteiger partial charge in [0.05, 0.1) is 5.69 Å². The first-order chi connectivity index (χ1) is 13.9. The lowest BCUT2D eigenvalue weighted by molar-refractivity contribution is 0.461. The van der Waals surface area contributed by atoms with Crippen LogP contribution in [-0.2, 0) is 12.8 Å². The summed E-state index contributed by atoms with van der Waals surface area (Å²) in [5.74, 6) is 2.52. The first-order valence-electron chi connectivity index (χ1n) is 9.54. The van der Waals surface area contributed by atoms with Gasteiger partial charge in [0.15, 0.2) is 0 Å². The lowest BCUT2D eigenvalue weighted by Crippen LogP contribution is -2.09. The van der Waals surface area contributed by atoms with Gasteiger partial charge in [0, 0.05) is 12.2 Å². The molecule has 3 aromatic rings. The molecule has 0 aliphatic heterocycles. The van der Waals surface area contributed by atoms with E-state index in [2.05, 4.69) is 20.3 Å². The molecule has 152 valence electrons. The lowest BCUT2D eigenvalue weighted by atomic mass is 10.1. The van der Waals surface area contributed by atoms with Gasteiger partial charge >= 0.3 is 0 Å². The molecule has 2 aromatic heterocycles. The number of hydrogen-bond donors (Lipinski definition) is 1. The van der Waals surface area contributed by atoms with Gasteiger partial charge in [0.1, 0.15) is 27.4 Å². The number of halogens is 2. The first-order valence-corrected chi connectivity index (χ1v) is 10.3. The zero-order valence-corrected chi connectivity index (χ0v) is 18.5. The van der Waals surface area contributed by atoms with Crippen LogP contribution in [0.1, 0.15) is 35.3 Å². The summed E-state index contributed by atoms with van der Waals surface area (Å²) in [6.07, 6.45) is 1.60. The normalized spacial score (nSPS) is 10.8. The fourth-order valence-corrected chi connectivity index (χ4v) is 3.38. The number of rotatable bonds is 7. The van der Waals surface area contributed by atoms with Crippen molar-refractivity contribution in [3.05, 3.63) is 68.7 Å². The Balaban J connectivity index is 1.60. The highest BCUT2D eigenvalue weighted by molar-refractivity contribution is 6.33. The Hall–Kier alpha value is -2.37. The standard InChI is InChI=1S/C22H24Cl2N4O/c1-5-19-20(24)21(28-15(4)27-19)25-11-10-16-6-8-17(9-7-16)29-22-18(23)12-13(2)14(3)26-22/h6-9,12H,5,10-11H2,1-4H3,(H,25,27,28). The quantitative estimate of drug-likeness (QED) is 0.489. The summed E-state index contributed by atoms with van der Waals surface area (Å²) < 4.78 is 5.84. The van der Waals surface area contributed by atoms with E-state index in [-0.39, 0.29) is 0 Å². The molecule has 0 atom stereocenters. The Morgan fingerprint density at radius 2 is 1.72 bits per heavy atom. The average Bonchev–Trinajstić information content (AvgIpc) is 2.69. The maximum atomic E-state index is 6.37. The van der Waals surface area contributed by atoms with Crippen molar-refractivity contribution in [3.8, 4) is 11.6 Å². The van der Waals surface area contributed by atoms with Crippen molar-refractivity contribution in [2.45, 2.75) is 40.5 Å². The fraction of sp³-hybridized carbons (Fsp3) is 0.318. The predicted octanol–water partition coefficient (Wildman–Crippen LogP) is 6.11. The molecule has 0 saturated heterocycles. The van der Waals surface area contributed by atoms with Crippen LogP contribution in [0.15, 0.2) is 30.3 Å². The summed E-state index contributed by atoms with van der Waals surface area (Å²) in [5.41, 5.74) is 3.97. The number of nitrogens with one attached hydrogen (secondary N) is 1. The number of anilines is 1. The highest BCUT2D eigenvalue weighted by atomic mass is 35.5. The molecule has 0 unspecified atom stereocenters. The number of hydrogen-bond acceptors (Lipinski definition) is 5. The van der Waals surface area contributed by atoms with Gasteiger partial charge in [0.25, 0.3) is 0 Å². The van der Waals surface area contributed by atoms with Crippen molar-refractivity contribution in [1.82, 2.24) is 15.0 Å². The molecule has 5 nitrogen and oxygen atoms in total. The summed E-state index contributed by atoms with van der Waals surface area (Å²) in [6.45, 7) is 8.52. The van der Waals surface area contributed by atoms with E-state index in [1.165, 1.54) is 5.56 Å². The van der Waals surface area contributed by atoms with Crippen LogP contribution in [0.4, 0.5) is 5.82 Å². The van der Waals surface area contributed by atoms with E-state index in [9.17, 15) is 0 Å². The van der Waals surface area contributed by atoms with Crippen LogP contribution in [0.5, 0.6) is 11.6 Å². The third-order valence-corrected chi connectivity index (χ3v) is 5.27. The van der Waals surface area contributed by atoms with Crippen LogP contribution in [-0.4, -0.2) is 21.5 Å². The summed E-state index contributed by atoms with van der Waals surface area (Å²) >= 11 is 12.6. The third-order valence-electron chi connectivity index (χ3n) is 4.60. The van der Waals surface area contributed by atoms with E-state index in [4.69, 9.17) is 27.9 Å². The molecule has 0 aliphatic carbocycles. The molecule has 1 aromatic carbocycles. The van der Waals surface area contributed by atoms with Crippen molar-refractivity contribution in [3.63, 3.8) is 0 Å². The second-order valence-electron chi connectivity index (χ2n) is 6.83. The van der Waals surface area contributed by atoms with Crippen molar-refractivity contribution >= 4 is 29.0 Å². The zero-order valence-electron chi connectivity index (χ0n) is 17.0. The van der Waals surface area contributed by atoms with Gasteiger partial charge in [-0.3, -0.25) is 0 Å². The maximum absolute atomic E-state index is 6.37. The van der Waals surface area contributed by atoms with Gasteiger partial charge in [-0.25, -0.2) is 15.0 Å². The molecule has 2 heterocycles. The van der Waals surface area contributed by atoms with Gasteiger partial charge < -0.3 is 10.1 Å². The molecule has 0 bridgehead atoms. The van der Waals surface area contributed by atoms with E-state index in [1.54, 1.807) is 0 Å². The number of aryl methyl sites for hydroxylation is 4. The molecule has 0 saturated carbocycles. The molecule has 0 aliphatic rings. The third kappa shape index (κ3) is 5.37. The largest absolute Gasteiger partial charge is 0.438 e. The molecular weight excluding hydrogens is 407 g/mol. The fourth-order valence-electron chi connectivity index (χ4n) is 2.85. The van der Waals surface area contributed by atoms with Crippen LogP contribution in [0.2, 0.25) is 10.0 Å². The Labute approximate surface area is 181 Å². The monoisotopic (exact) mass is 430 g/mol. The SMILES string of the molecule is CCc1nc(C)nc(NCCc2ccc(Oc3nc(C)c(C)cc3Cl)cc2)c1Cl. The number of benzene rings is 1. The molecule has 7 heteroatoms. The predicted molar refractivity (Wildman–Crippen MR) is 119 cm³/mol. The Morgan fingerprint density at radius 1 is 1.00 bits per heavy atom. The summed E-state index contributed by atoms with van der Waals surface area (Å²) in [5, 5.41) is 4.41. The molecular formula is C22H24Cl2N4O. The molecule has 1 N–H and O–H groups in total. The number of ether oxygens (including phenoxy) is 1. The molecule has 0 fully saturated rings. The minimum absolute atomic E-state index is 0.421. The van der Waals surface area contributed by atoms with E-state index < -0.39 is 0 Å². The zero-order chi connectivity index (χ0) is 21.0. The number of nitrogens with zero attached hydrogens (tertiary/aromatic N) is 3. The Morgan fingerprint density at radius 3 is 2.41 bits per heavy atom. The Kier molecular flexibility index (Phi) is 6.93. The van der Waals surface area contributed by atoms with Crippen molar-refractivity contribution in [1.29, 1.82) is 0 Å². The van der Waals surface area contributed by atoms with Crippen LogP contribution in [0.25, 0.3) is 0 Å². The smallest absolute Gasteiger partial charge is 0.238 e. The van der Waals surface area contributed by atoms with E-state index >= 15 is 0 Å². The van der Waals surface area contributed by atoms with E-state index in [1.807, 2.05) is 58.0 Å². The van der Waals surface area contributed by atoms with Gasteiger partial charge in [-0.15, -0.1) is 0 Å². The van der Waals surface area contributed by atoms with E-state index in [0.29, 0.717) is 39.9 Å². The molecule has 0 radical (unpaired) electrons. The van der Waals surface area contributed by atoms with Crippen LogP contribution in [0, 0.1) is 20.8 Å². The first kappa shape index (κ1) is 21.3. The molecule has 0 spiro atoms. The summed E-state index contributed by atoms with van der Waals surface area (Å²) in [7, 11) is 0. The second-order valence-corrected chi connectivity index (χ2v) is 7.62. The van der Waals surface area contributed by atoms with Crippen LogP contribution < -0.4 is 10.1 Å². The summed E-state index contributed by atoms with van der Waals surface area (Å²) in [4.78, 5) is 13.2. The van der Waals surface area contributed by atoms with Crippen molar-refractivity contribution in [2.75, 3.05) is 11.9 Å². The Bertz CT molecular complexity index is 1010. The average molecular weight is 431 g/mol. The summed E-state index contributed by atoms with van der Waals surface area (Å²) in [6, 6.07) is 9.74. The molecule has 29 heavy (non-hydrogen) atoms. The van der Waals surface area contributed by atoms with Crippen LogP contribution >= 0.6 is 23.2 Å². The van der Waals surface area contributed by atoms with E-state index in [0.717, 1.165) is 29.8 Å². The molecule has 3 rings (SSSR count). The topological polar surface area (TPSA) is 59.9 Å². The lowest BCUT2D eigenvalue weighted by Gasteiger charge is -2.11. The van der Waals surface area contributed by atoms with Gasteiger partial charge in [-0.2, -0.15) is 0 Å². The van der Waals surface area contributed by atoms with Crippen molar-refractivity contribution < 1.29 is 4.74 Å². The minimum Gasteiger partial charge on any atom is -0.438 e.